The van der Waals surface area contributed by atoms with E-state index in [9.17, 15) is 4.39 Å². The monoisotopic (exact) mass is 331 g/mol. The Balaban J connectivity index is 1.96. The predicted molar refractivity (Wildman–Crippen MR) is 93.3 cm³/mol. The van der Waals surface area contributed by atoms with Gasteiger partial charge in [0.25, 0.3) is 0 Å². The van der Waals surface area contributed by atoms with E-state index in [0.717, 1.165) is 11.1 Å². The Labute approximate surface area is 140 Å². The zero-order valence-corrected chi connectivity index (χ0v) is 14.3. The highest BCUT2D eigenvalue weighted by atomic mass is 19.1. The van der Waals surface area contributed by atoms with Gasteiger partial charge in [-0.25, -0.2) is 14.4 Å². The molecular weight excluding hydrogens is 309 g/mol. The van der Waals surface area contributed by atoms with Gasteiger partial charge in [0, 0.05) is 23.5 Å². The van der Waals surface area contributed by atoms with Gasteiger partial charge in [0.15, 0.2) is 0 Å². The van der Waals surface area contributed by atoms with Crippen molar-refractivity contribution in [3.05, 3.63) is 35.8 Å². The molecule has 2 heterocycles. The summed E-state index contributed by atoms with van der Waals surface area (Å²) < 4.78 is 25.1. The van der Waals surface area contributed by atoms with Gasteiger partial charge in [-0.05, 0) is 23.6 Å². The van der Waals surface area contributed by atoms with Gasteiger partial charge in [-0.3, -0.25) is 0 Å². The Morgan fingerprint density at radius 1 is 1.17 bits per heavy atom. The standard InChI is InChI=1S/C18H22FN3O2/c1-10(2)16-18(24-4)21-14(17(22-16)23-3)8-11-9-20-13-7-5-6-12(19)15(11)13/h5-7,9-10,14,16,20H,8H2,1-4H3/t14-,16+/m1/s1. The lowest BCUT2D eigenvalue weighted by atomic mass is 10.00. The number of hydrogen-bond acceptors (Lipinski definition) is 4. The van der Waals surface area contributed by atoms with Crippen molar-refractivity contribution in [3.63, 3.8) is 0 Å². The fraction of sp³-hybridized carbons (Fsp3) is 0.444. The van der Waals surface area contributed by atoms with E-state index < -0.39 is 0 Å². The van der Waals surface area contributed by atoms with Crippen LogP contribution in [0.2, 0.25) is 0 Å². The molecule has 0 unspecified atom stereocenters. The van der Waals surface area contributed by atoms with Crippen molar-refractivity contribution in [1.82, 2.24) is 4.98 Å². The first kappa shape index (κ1) is 16.5. The number of methoxy groups -OCH3 is 2. The average molecular weight is 331 g/mol. The molecule has 6 heteroatoms. The SMILES string of the molecule is COC1=N[C@H](Cc2c[nH]c3cccc(F)c23)C(OC)=N[C@H]1C(C)C. The van der Waals surface area contributed by atoms with Gasteiger partial charge in [0.2, 0.25) is 11.8 Å². The maximum absolute atomic E-state index is 14.2. The molecule has 24 heavy (non-hydrogen) atoms. The second kappa shape index (κ2) is 6.63. The first-order chi connectivity index (χ1) is 11.5. The molecule has 5 nitrogen and oxygen atoms in total. The van der Waals surface area contributed by atoms with E-state index in [0.29, 0.717) is 23.6 Å². The normalized spacial score (nSPS) is 20.9. The number of halogens is 1. The molecule has 0 amide bonds. The average Bonchev–Trinajstić information content (AvgIpc) is 2.98. The molecular formula is C18H22FN3O2. The summed E-state index contributed by atoms with van der Waals surface area (Å²) in [6.07, 6.45) is 2.31. The van der Waals surface area contributed by atoms with E-state index in [2.05, 4.69) is 28.8 Å². The van der Waals surface area contributed by atoms with E-state index in [4.69, 9.17) is 9.47 Å². The third-order valence-electron chi connectivity index (χ3n) is 4.29. The molecule has 0 radical (unpaired) electrons. The van der Waals surface area contributed by atoms with Gasteiger partial charge in [0.05, 0.1) is 14.2 Å². The second-order valence-corrected chi connectivity index (χ2v) is 6.23. The Hall–Kier alpha value is -2.37. The lowest BCUT2D eigenvalue weighted by molar-refractivity contribution is 0.333. The predicted octanol–water partition coefficient (Wildman–Crippen LogP) is 3.35. The summed E-state index contributed by atoms with van der Waals surface area (Å²) in [6.45, 7) is 4.12. The number of H-pyrrole nitrogens is 1. The highest BCUT2D eigenvalue weighted by molar-refractivity contribution is 5.94. The molecule has 128 valence electrons. The first-order valence-electron chi connectivity index (χ1n) is 8.03. The molecule has 2 atom stereocenters. The van der Waals surface area contributed by atoms with Gasteiger partial charge in [0.1, 0.15) is 17.9 Å². The topological polar surface area (TPSA) is 59.0 Å². The zero-order valence-electron chi connectivity index (χ0n) is 14.3. The van der Waals surface area contributed by atoms with E-state index in [-0.39, 0.29) is 23.8 Å². The van der Waals surface area contributed by atoms with Crippen LogP contribution in [0.3, 0.4) is 0 Å². The Kier molecular flexibility index (Phi) is 4.55. The summed E-state index contributed by atoms with van der Waals surface area (Å²) in [5.41, 5.74) is 1.62. The number of fused-ring (bicyclic) bond motifs is 1. The summed E-state index contributed by atoms with van der Waals surface area (Å²) in [4.78, 5) is 12.4. The van der Waals surface area contributed by atoms with Crippen molar-refractivity contribution in [1.29, 1.82) is 0 Å². The van der Waals surface area contributed by atoms with Gasteiger partial charge in [-0.15, -0.1) is 0 Å². The zero-order chi connectivity index (χ0) is 17.3. The molecule has 0 bridgehead atoms. The Bertz CT molecular complexity index is 795. The molecule has 0 spiro atoms. The quantitative estimate of drug-likeness (QED) is 0.938. The molecule has 1 N–H and O–H groups in total. The molecule has 1 aromatic carbocycles. The number of hydrogen-bond donors (Lipinski definition) is 1. The number of ether oxygens (including phenoxy) is 2. The molecule has 0 aliphatic carbocycles. The number of benzene rings is 1. The van der Waals surface area contributed by atoms with E-state index in [1.165, 1.54) is 6.07 Å². The first-order valence-corrected chi connectivity index (χ1v) is 8.03. The third-order valence-corrected chi connectivity index (χ3v) is 4.29. The van der Waals surface area contributed by atoms with Crippen LogP contribution in [-0.4, -0.2) is 43.1 Å². The van der Waals surface area contributed by atoms with Crippen LogP contribution in [0.5, 0.6) is 0 Å². The minimum absolute atomic E-state index is 0.152. The molecule has 0 saturated heterocycles. The van der Waals surface area contributed by atoms with Crippen LogP contribution < -0.4 is 0 Å². The fourth-order valence-electron chi connectivity index (χ4n) is 3.07. The van der Waals surface area contributed by atoms with Crippen LogP contribution in [0.25, 0.3) is 10.9 Å². The van der Waals surface area contributed by atoms with E-state index in [1.54, 1.807) is 20.3 Å². The fourth-order valence-corrected chi connectivity index (χ4v) is 3.07. The molecule has 3 rings (SSSR count). The molecule has 1 aliphatic rings. The van der Waals surface area contributed by atoms with Crippen LogP contribution in [0.1, 0.15) is 19.4 Å². The van der Waals surface area contributed by atoms with Gasteiger partial charge in [-0.2, -0.15) is 0 Å². The van der Waals surface area contributed by atoms with Gasteiger partial charge in [-0.1, -0.05) is 19.9 Å². The molecule has 1 aliphatic heterocycles. The molecule has 1 aromatic heterocycles. The van der Waals surface area contributed by atoms with Crippen LogP contribution in [-0.2, 0) is 15.9 Å². The largest absolute Gasteiger partial charge is 0.483 e. The highest BCUT2D eigenvalue weighted by Crippen LogP contribution is 2.25. The van der Waals surface area contributed by atoms with E-state index >= 15 is 0 Å². The van der Waals surface area contributed by atoms with Crippen LogP contribution >= 0.6 is 0 Å². The van der Waals surface area contributed by atoms with Crippen molar-refractivity contribution >= 4 is 22.7 Å². The van der Waals surface area contributed by atoms with E-state index in [1.807, 2.05) is 12.3 Å². The number of rotatable bonds is 3. The summed E-state index contributed by atoms with van der Waals surface area (Å²) >= 11 is 0. The smallest absolute Gasteiger partial charge is 0.209 e. The number of nitrogens with one attached hydrogen (secondary N) is 1. The van der Waals surface area contributed by atoms with Gasteiger partial charge >= 0.3 is 0 Å². The Morgan fingerprint density at radius 3 is 2.58 bits per heavy atom. The van der Waals surface area contributed by atoms with Crippen molar-refractivity contribution in [2.24, 2.45) is 15.9 Å². The van der Waals surface area contributed by atoms with Gasteiger partial charge < -0.3 is 14.5 Å². The number of nitrogens with zero attached hydrogens (tertiary/aromatic N) is 2. The molecule has 2 aromatic rings. The maximum Gasteiger partial charge on any atom is 0.209 e. The number of aromatic amines is 1. The maximum atomic E-state index is 14.2. The van der Waals surface area contributed by atoms with Crippen molar-refractivity contribution in [2.45, 2.75) is 32.4 Å². The third kappa shape index (κ3) is 2.88. The van der Waals surface area contributed by atoms with Crippen molar-refractivity contribution < 1.29 is 13.9 Å². The second-order valence-electron chi connectivity index (χ2n) is 6.23. The minimum Gasteiger partial charge on any atom is -0.483 e. The molecule has 0 saturated carbocycles. The highest BCUT2D eigenvalue weighted by Gasteiger charge is 2.31. The summed E-state index contributed by atoms with van der Waals surface area (Å²) in [7, 11) is 3.19. The summed E-state index contributed by atoms with van der Waals surface area (Å²) in [6, 6.07) is 4.53. The van der Waals surface area contributed by atoms with Crippen LogP contribution in [0, 0.1) is 11.7 Å². The Morgan fingerprint density at radius 2 is 1.92 bits per heavy atom. The summed E-state index contributed by atoms with van der Waals surface area (Å²) in [5.74, 6) is 1.16. The number of aromatic nitrogens is 1. The number of aliphatic imine (C=N–C) groups is 2. The molecule has 0 fully saturated rings. The van der Waals surface area contributed by atoms with Crippen LogP contribution in [0.15, 0.2) is 34.4 Å². The summed E-state index contributed by atoms with van der Waals surface area (Å²) in [5, 5.41) is 0.591. The van der Waals surface area contributed by atoms with Crippen molar-refractivity contribution in [3.8, 4) is 0 Å². The minimum atomic E-state index is -0.321. The van der Waals surface area contributed by atoms with Crippen molar-refractivity contribution in [2.75, 3.05) is 14.2 Å². The van der Waals surface area contributed by atoms with Crippen LogP contribution in [0.4, 0.5) is 4.39 Å². The lowest BCUT2D eigenvalue weighted by Gasteiger charge is -2.27. The lowest BCUT2D eigenvalue weighted by Crippen LogP contribution is -2.38.